The zero-order valence-corrected chi connectivity index (χ0v) is 11.9. The van der Waals surface area contributed by atoms with Gasteiger partial charge in [0.05, 0.1) is 5.69 Å². The number of carbonyl (C=O) groups excluding carboxylic acids is 1. The molecule has 2 aromatic carbocycles. The highest BCUT2D eigenvalue weighted by atomic mass is 16.6. The fraction of sp³-hybridized carbons (Fsp3) is 0.0588. The van der Waals surface area contributed by atoms with Crippen LogP contribution in [0.25, 0.3) is 10.8 Å². The summed E-state index contributed by atoms with van der Waals surface area (Å²) in [4.78, 5) is 24.0. The molecular formula is C17H14N2O3. The lowest BCUT2D eigenvalue weighted by molar-refractivity contribution is 0.215. The van der Waals surface area contributed by atoms with E-state index in [0.29, 0.717) is 22.2 Å². The molecule has 0 fully saturated rings. The van der Waals surface area contributed by atoms with Gasteiger partial charge in [-0.1, -0.05) is 24.3 Å². The summed E-state index contributed by atoms with van der Waals surface area (Å²) >= 11 is 0. The first-order valence-corrected chi connectivity index (χ1v) is 6.77. The van der Waals surface area contributed by atoms with E-state index in [2.05, 4.69) is 5.32 Å². The third-order valence-corrected chi connectivity index (χ3v) is 3.31. The summed E-state index contributed by atoms with van der Waals surface area (Å²) in [5.74, 6) is 0.455. The largest absolute Gasteiger partial charge is 0.417 e. The predicted octanol–water partition coefficient (Wildman–Crippen LogP) is 3.15. The molecule has 0 saturated carbocycles. The molecule has 0 radical (unpaired) electrons. The normalized spacial score (nSPS) is 10.4. The molecule has 0 bridgehead atoms. The van der Waals surface area contributed by atoms with E-state index in [1.54, 1.807) is 61.8 Å². The molecule has 1 amide bonds. The van der Waals surface area contributed by atoms with Gasteiger partial charge in [-0.25, -0.2) is 4.79 Å². The van der Waals surface area contributed by atoms with Gasteiger partial charge in [0, 0.05) is 24.0 Å². The summed E-state index contributed by atoms with van der Waals surface area (Å²) in [7, 11) is 1.69. The van der Waals surface area contributed by atoms with E-state index in [1.807, 2.05) is 6.07 Å². The van der Waals surface area contributed by atoms with Crippen LogP contribution >= 0.6 is 0 Å². The SMILES string of the molecule is Cn1ccc2c(NC(=O)Oc3ccccc3)cccc2c1=O. The number of fused-ring (bicyclic) bond motifs is 1. The fourth-order valence-electron chi connectivity index (χ4n) is 2.22. The summed E-state index contributed by atoms with van der Waals surface area (Å²) in [5, 5.41) is 3.89. The summed E-state index contributed by atoms with van der Waals surface area (Å²) in [5.41, 5.74) is 0.425. The average molecular weight is 294 g/mol. The molecule has 1 aromatic heterocycles. The van der Waals surface area contributed by atoms with Gasteiger partial charge in [-0.2, -0.15) is 0 Å². The number of nitrogens with one attached hydrogen (secondary N) is 1. The molecule has 5 heteroatoms. The Hall–Kier alpha value is -3.08. The first-order valence-electron chi connectivity index (χ1n) is 6.77. The molecule has 0 aliphatic rings. The second kappa shape index (κ2) is 5.73. The Bertz CT molecular complexity index is 885. The molecule has 5 nitrogen and oxygen atoms in total. The van der Waals surface area contributed by atoms with Gasteiger partial charge in [-0.05, 0) is 30.3 Å². The van der Waals surface area contributed by atoms with Crippen LogP contribution in [-0.2, 0) is 7.05 Å². The molecule has 0 atom stereocenters. The van der Waals surface area contributed by atoms with Crippen molar-refractivity contribution in [1.29, 1.82) is 0 Å². The third kappa shape index (κ3) is 2.69. The Morgan fingerprint density at radius 1 is 1.00 bits per heavy atom. The number of aromatic nitrogens is 1. The molecular weight excluding hydrogens is 280 g/mol. The maximum Gasteiger partial charge on any atom is 0.417 e. The summed E-state index contributed by atoms with van der Waals surface area (Å²) < 4.78 is 6.68. The van der Waals surface area contributed by atoms with E-state index in [0.717, 1.165) is 0 Å². The minimum Gasteiger partial charge on any atom is -0.410 e. The van der Waals surface area contributed by atoms with Crippen molar-refractivity contribution in [3.05, 3.63) is 71.1 Å². The highest BCUT2D eigenvalue weighted by molar-refractivity contribution is 6.00. The molecule has 0 saturated heterocycles. The standard InChI is InChI=1S/C17H14N2O3/c1-19-11-10-13-14(16(19)20)8-5-9-15(13)18-17(21)22-12-6-3-2-4-7-12/h2-11H,1H3,(H,18,21). The van der Waals surface area contributed by atoms with Crippen molar-refractivity contribution in [2.24, 2.45) is 7.05 Å². The van der Waals surface area contributed by atoms with Crippen molar-refractivity contribution in [3.63, 3.8) is 0 Å². The molecule has 0 spiro atoms. The van der Waals surface area contributed by atoms with Crippen molar-refractivity contribution < 1.29 is 9.53 Å². The quantitative estimate of drug-likeness (QED) is 0.789. The number of benzene rings is 2. The van der Waals surface area contributed by atoms with E-state index >= 15 is 0 Å². The number of ether oxygens (including phenoxy) is 1. The van der Waals surface area contributed by atoms with Crippen LogP contribution in [0.3, 0.4) is 0 Å². The Kier molecular flexibility index (Phi) is 3.62. The number of pyridine rings is 1. The number of hydrogen-bond acceptors (Lipinski definition) is 3. The molecule has 3 aromatic rings. The van der Waals surface area contributed by atoms with Gasteiger partial charge in [0.2, 0.25) is 0 Å². The van der Waals surface area contributed by atoms with E-state index in [1.165, 1.54) is 4.57 Å². The topological polar surface area (TPSA) is 60.3 Å². The predicted molar refractivity (Wildman–Crippen MR) is 85.3 cm³/mol. The van der Waals surface area contributed by atoms with Gasteiger partial charge in [-0.15, -0.1) is 0 Å². The highest BCUT2D eigenvalue weighted by Crippen LogP contribution is 2.21. The maximum atomic E-state index is 12.1. The summed E-state index contributed by atoms with van der Waals surface area (Å²) in [6.45, 7) is 0. The summed E-state index contributed by atoms with van der Waals surface area (Å²) in [6.07, 6.45) is 1.07. The molecule has 1 heterocycles. The van der Waals surface area contributed by atoms with Gasteiger partial charge < -0.3 is 9.30 Å². The lowest BCUT2D eigenvalue weighted by atomic mass is 10.1. The Morgan fingerprint density at radius 2 is 1.77 bits per heavy atom. The van der Waals surface area contributed by atoms with Crippen LogP contribution in [-0.4, -0.2) is 10.7 Å². The number of rotatable bonds is 2. The zero-order chi connectivity index (χ0) is 15.5. The van der Waals surface area contributed by atoms with Crippen LogP contribution in [0.15, 0.2) is 65.6 Å². The van der Waals surface area contributed by atoms with E-state index in [-0.39, 0.29) is 5.56 Å². The molecule has 110 valence electrons. The Labute approximate surface area is 126 Å². The third-order valence-electron chi connectivity index (χ3n) is 3.31. The number of anilines is 1. The number of para-hydroxylation sites is 1. The van der Waals surface area contributed by atoms with Crippen LogP contribution in [0.5, 0.6) is 5.75 Å². The lowest BCUT2D eigenvalue weighted by Gasteiger charge is -2.09. The number of aryl methyl sites for hydroxylation is 1. The van der Waals surface area contributed by atoms with Gasteiger partial charge >= 0.3 is 6.09 Å². The second-order valence-corrected chi connectivity index (χ2v) is 4.83. The fourth-order valence-corrected chi connectivity index (χ4v) is 2.22. The monoisotopic (exact) mass is 294 g/mol. The van der Waals surface area contributed by atoms with Gasteiger partial charge in [0.25, 0.3) is 5.56 Å². The number of amides is 1. The molecule has 1 N–H and O–H groups in total. The highest BCUT2D eigenvalue weighted by Gasteiger charge is 2.09. The minimum absolute atomic E-state index is 0.113. The van der Waals surface area contributed by atoms with Crippen molar-refractivity contribution >= 4 is 22.6 Å². The Morgan fingerprint density at radius 3 is 2.55 bits per heavy atom. The van der Waals surface area contributed by atoms with Gasteiger partial charge in [0.1, 0.15) is 5.75 Å². The summed E-state index contributed by atoms with van der Waals surface area (Å²) in [6, 6.07) is 15.8. The van der Waals surface area contributed by atoms with E-state index in [9.17, 15) is 9.59 Å². The first-order chi connectivity index (χ1) is 10.6. The maximum absolute atomic E-state index is 12.1. The van der Waals surface area contributed by atoms with Crippen LogP contribution in [0.1, 0.15) is 0 Å². The van der Waals surface area contributed by atoms with Crippen LogP contribution in [0.2, 0.25) is 0 Å². The lowest BCUT2D eigenvalue weighted by Crippen LogP contribution is -2.19. The molecule has 3 rings (SSSR count). The number of hydrogen-bond donors (Lipinski definition) is 1. The van der Waals surface area contributed by atoms with Crippen LogP contribution in [0.4, 0.5) is 10.5 Å². The minimum atomic E-state index is -0.598. The Balaban J connectivity index is 1.90. The van der Waals surface area contributed by atoms with Crippen molar-refractivity contribution in [2.75, 3.05) is 5.32 Å². The van der Waals surface area contributed by atoms with Crippen LogP contribution in [0, 0.1) is 0 Å². The molecule has 0 unspecified atom stereocenters. The number of nitrogens with zero attached hydrogens (tertiary/aromatic N) is 1. The first kappa shape index (κ1) is 13.9. The van der Waals surface area contributed by atoms with Crippen molar-refractivity contribution in [2.45, 2.75) is 0 Å². The average Bonchev–Trinajstić information content (AvgIpc) is 2.52. The molecule has 0 aliphatic carbocycles. The second-order valence-electron chi connectivity index (χ2n) is 4.83. The van der Waals surface area contributed by atoms with E-state index < -0.39 is 6.09 Å². The van der Waals surface area contributed by atoms with E-state index in [4.69, 9.17) is 4.74 Å². The molecule has 0 aliphatic heterocycles. The van der Waals surface area contributed by atoms with Gasteiger partial charge in [0.15, 0.2) is 0 Å². The zero-order valence-electron chi connectivity index (χ0n) is 11.9. The number of carbonyl (C=O) groups is 1. The molecule has 22 heavy (non-hydrogen) atoms. The van der Waals surface area contributed by atoms with Gasteiger partial charge in [-0.3, -0.25) is 10.1 Å². The van der Waals surface area contributed by atoms with Crippen molar-refractivity contribution in [3.8, 4) is 5.75 Å². The van der Waals surface area contributed by atoms with Crippen LogP contribution < -0.4 is 15.6 Å². The van der Waals surface area contributed by atoms with Crippen molar-refractivity contribution in [1.82, 2.24) is 4.57 Å². The smallest absolute Gasteiger partial charge is 0.410 e.